The first kappa shape index (κ1) is 21.9. The minimum Gasteiger partial charge on any atom is -0.466 e. The maximum atomic E-state index is 12.7. The van der Waals surface area contributed by atoms with Gasteiger partial charge >= 0.3 is 5.97 Å². The van der Waals surface area contributed by atoms with Crippen molar-refractivity contribution in [1.29, 1.82) is 0 Å². The number of carbonyl (C=O) groups excluding carboxylic acids is 2. The Bertz CT molecular complexity index is 1010. The molecule has 1 heterocycles. The molecule has 1 amide bonds. The summed E-state index contributed by atoms with van der Waals surface area (Å²) in [6.07, 6.45) is 1.86. The number of rotatable bonds is 6. The lowest BCUT2D eigenvalue weighted by molar-refractivity contribution is -0.142. The molecule has 0 aliphatic carbocycles. The highest BCUT2D eigenvalue weighted by Gasteiger charge is 2.20. The number of esters is 1. The van der Waals surface area contributed by atoms with E-state index >= 15 is 0 Å². The third-order valence-electron chi connectivity index (χ3n) is 4.17. The Morgan fingerprint density at radius 3 is 2.70 bits per heavy atom. The molecule has 0 radical (unpaired) electrons. The van der Waals surface area contributed by atoms with Gasteiger partial charge in [0.05, 0.1) is 45.4 Å². The first-order chi connectivity index (χ1) is 14.5. The zero-order valence-corrected chi connectivity index (χ0v) is 18.2. The van der Waals surface area contributed by atoms with E-state index in [0.717, 1.165) is 11.4 Å². The molecule has 0 saturated carbocycles. The Kier molecular flexibility index (Phi) is 7.54. The van der Waals surface area contributed by atoms with Crippen LogP contribution in [0.5, 0.6) is 0 Å². The second-order valence-corrected chi connectivity index (χ2v) is 8.24. The summed E-state index contributed by atoms with van der Waals surface area (Å²) in [5.74, 6) is -0.522. The molecule has 1 aliphatic rings. The van der Waals surface area contributed by atoms with E-state index in [4.69, 9.17) is 16.3 Å². The first-order valence-electron chi connectivity index (χ1n) is 9.49. The van der Waals surface area contributed by atoms with Gasteiger partial charge < -0.3 is 15.4 Å². The quantitative estimate of drug-likeness (QED) is 0.585. The lowest BCUT2D eigenvalue weighted by Gasteiger charge is -2.13. The Labute approximate surface area is 184 Å². The van der Waals surface area contributed by atoms with E-state index in [1.807, 2.05) is 30.3 Å². The highest BCUT2D eigenvalue weighted by Crippen LogP contribution is 2.32. The van der Waals surface area contributed by atoms with Gasteiger partial charge in [-0.3, -0.25) is 9.59 Å². The van der Waals surface area contributed by atoms with Gasteiger partial charge in [0.1, 0.15) is 0 Å². The molecule has 156 valence electrons. The van der Waals surface area contributed by atoms with Crippen LogP contribution in [0, 0.1) is 0 Å². The maximum Gasteiger partial charge on any atom is 0.311 e. The zero-order valence-electron chi connectivity index (χ0n) is 16.6. The number of fused-ring (bicyclic) bond motifs is 1. The van der Waals surface area contributed by atoms with Crippen molar-refractivity contribution < 1.29 is 14.3 Å². The second kappa shape index (κ2) is 10.3. The van der Waals surface area contributed by atoms with Crippen LogP contribution in [0.3, 0.4) is 0 Å². The number of hydrogen-bond donors (Lipinski definition) is 2. The van der Waals surface area contributed by atoms with Gasteiger partial charge in [0.2, 0.25) is 5.91 Å². The van der Waals surface area contributed by atoms with Crippen LogP contribution in [0.2, 0.25) is 5.02 Å². The Morgan fingerprint density at radius 1 is 1.20 bits per heavy atom. The topological polar surface area (TPSA) is 79.8 Å². The molecule has 1 atom stereocenters. The fraction of sp³-hybridized carbons (Fsp3) is 0.227. The Balaban J connectivity index is 1.78. The lowest BCUT2D eigenvalue weighted by Crippen LogP contribution is -2.23. The smallest absolute Gasteiger partial charge is 0.311 e. The summed E-state index contributed by atoms with van der Waals surface area (Å²) in [7, 11) is 0. The van der Waals surface area contributed by atoms with Crippen LogP contribution in [0.4, 0.5) is 17.1 Å². The van der Waals surface area contributed by atoms with Crippen LogP contribution in [-0.4, -0.2) is 28.8 Å². The fourth-order valence-electron chi connectivity index (χ4n) is 2.74. The number of anilines is 2. The van der Waals surface area contributed by atoms with Crippen molar-refractivity contribution in [2.24, 2.45) is 4.99 Å². The monoisotopic (exact) mass is 443 g/mol. The van der Waals surface area contributed by atoms with E-state index < -0.39 is 5.25 Å². The molecule has 30 heavy (non-hydrogen) atoms. The number of nitrogens with zero attached hydrogens (tertiary/aromatic N) is 1. The Hall–Kier alpha value is -2.77. The molecule has 0 fully saturated rings. The van der Waals surface area contributed by atoms with Crippen LogP contribution in [0.15, 0.2) is 65.3 Å². The van der Waals surface area contributed by atoms with Crippen molar-refractivity contribution >= 4 is 57.3 Å². The van der Waals surface area contributed by atoms with Crippen molar-refractivity contribution in [2.45, 2.75) is 25.5 Å². The van der Waals surface area contributed by atoms with Crippen molar-refractivity contribution in [1.82, 2.24) is 0 Å². The number of hydrogen-bond acceptors (Lipinski definition) is 6. The predicted molar refractivity (Wildman–Crippen MR) is 124 cm³/mol. The number of ether oxygens (including phenoxy) is 1. The fourth-order valence-corrected chi connectivity index (χ4v) is 3.81. The summed E-state index contributed by atoms with van der Waals surface area (Å²) in [5.41, 5.74) is 2.74. The number of thioether (sulfide) groups is 1. The van der Waals surface area contributed by atoms with Crippen LogP contribution in [-0.2, 0) is 14.3 Å². The molecule has 0 saturated heterocycles. The molecule has 2 aromatic carbocycles. The largest absolute Gasteiger partial charge is 0.466 e. The molecule has 2 aromatic rings. The van der Waals surface area contributed by atoms with E-state index in [1.165, 1.54) is 11.8 Å². The number of aliphatic imine (C=N–C) groups is 1. The number of amides is 1. The van der Waals surface area contributed by atoms with Crippen molar-refractivity contribution in [2.75, 3.05) is 17.2 Å². The number of nitrogens with one attached hydrogen (secondary N) is 2. The highest BCUT2D eigenvalue weighted by atomic mass is 35.5. The molecule has 2 N–H and O–H groups in total. The first-order valence-corrected chi connectivity index (χ1v) is 10.7. The van der Waals surface area contributed by atoms with Crippen LogP contribution in [0.1, 0.15) is 20.3 Å². The molecular weight excluding hydrogens is 422 g/mol. The molecule has 3 rings (SSSR count). The SMILES string of the molecule is CCOC(=O)CC1=CC(S[C@H](C)C(=O)Nc2ccccc2Cl)=Nc2ccccc2N1. The number of benzene rings is 2. The standard InChI is InChI=1S/C22H22ClN3O3S/c1-3-29-21(27)13-15-12-20(25-19-11-7-6-10-18(19)24-15)30-14(2)22(28)26-17-9-5-4-8-16(17)23/h4-12,14,24H,3,13H2,1-2H3,(H,26,28)/t14-/m1/s1. The Morgan fingerprint density at radius 2 is 1.93 bits per heavy atom. The molecule has 0 aromatic heterocycles. The number of carbonyl (C=O) groups is 2. The molecule has 8 heteroatoms. The van der Waals surface area contributed by atoms with E-state index in [0.29, 0.717) is 28.1 Å². The molecule has 0 spiro atoms. The third kappa shape index (κ3) is 5.87. The van der Waals surface area contributed by atoms with Crippen LogP contribution >= 0.6 is 23.4 Å². The lowest BCUT2D eigenvalue weighted by atomic mass is 10.2. The van der Waals surface area contributed by atoms with E-state index in [2.05, 4.69) is 15.6 Å². The maximum absolute atomic E-state index is 12.7. The zero-order chi connectivity index (χ0) is 21.5. The van der Waals surface area contributed by atoms with Gasteiger partial charge in [0.25, 0.3) is 0 Å². The average molecular weight is 444 g/mol. The summed E-state index contributed by atoms with van der Waals surface area (Å²) in [5, 5.41) is 6.74. The molecule has 6 nitrogen and oxygen atoms in total. The van der Waals surface area contributed by atoms with Gasteiger partial charge in [0, 0.05) is 5.70 Å². The summed E-state index contributed by atoms with van der Waals surface area (Å²) < 4.78 is 5.06. The summed E-state index contributed by atoms with van der Waals surface area (Å²) in [6.45, 7) is 3.88. The van der Waals surface area contributed by atoms with Crippen LogP contribution < -0.4 is 10.6 Å². The minimum absolute atomic E-state index is 0.0853. The van der Waals surface area contributed by atoms with Gasteiger partial charge in [-0.15, -0.1) is 0 Å². The highest BCUT2D eigenvalue weighted by molar-refractivity contribution is 8.15. The molecule has 0 unspecified atom stereocenters. The van der Waals surface area contributed by atoms with Gasteiger partial charge in [0.15, 0.2) is 0 Å². The predicted octanol–water partition coefficient (Wildman–Crippen LogP) is 5.39. The van der Waals surface area contributed by atoms with Crippen molar-refractivity contribution in [3.63, 3.8) is 0 Å². The minimum atomic E-state index is -0.439. The van der Waals surface area contributed by atoms with E-state index in [-0.39, 0.29) is 18.3 Å². The summed E-state index contributed by atoms with van der Waals surface area (Å²) in [6, 6.07) is 14.6. The number of para-hydroxylation sites is 3. The third-order valence-corrected chi connectivity index (χ3v) is 5.51. The number of halogens is 1. The second-order valence-electron chi connectivity index (χ2n) is 6.47. The molecular formula is C22H22ClN3O3S. The van der Waals surface area contributed by atoms with Crippen molar-refractivity contribution in [3.8, 4) is 0 Å². The van der Waals surface area contributed by atoms with Gasteiger partial charge in [-0.05, 0) is 44.2 Å². The van der Waals surface area contributed by atoms with Crippen molar-refractivity contribution in [3.05, 3.63) is 65.3 Å². The van der Waals surface area contributed by atoms with E-state index in [9.17, 15) is 9.59 Å². The van der Waals surface area contributed by atoms with Gasteiger partial charge in [-0.2, -0.15) is 0 Å². The van der Waals surface area contributed by atoms with Crippen LogP contribution in [0.25, 0.3) is 0 Å². The summed E-state index contributed by atoms with van der Waals surface area (Å²) >= 11 is 7.43. The molecule has 1 aliphatic heterocycles. The molecule has 0 bridgehead atoms. The van der Waals surface area contributed by atoms with Gasteiger partial charge in [-0.1, -0.05) is 47.6 Å². The summed E-state index contributed by atoms with van der Waals surface area (Å²) in [4.78, 5) is 29.3. The van der Waals surface area contributed by atoms with E-state index in [1.54, 1.807) is 38.1 Å². The normalized spacial score (nSPS) is 13.7. The average Bonchev–Trinajstić information content (AvgIpc) is 2.88. The van der Waals surface area contributed by atoms with Gasteiger partial charge in [-0.25, -0.2) is 4.99 Å².